The molecule has 1 saturated heterocycles. The molecule has 0 aromatic rings. The van der Waals surface area contributed by atoms with Crippen LogP contribution in [0.15, 0.2) is 0 Å². The van der Waals surface area contributed by atoms with Crippen LogP contribution in [0.1, 0.15) is 58.8 Å². The lowest BCUT2D eigenvalue weighted by atomic mass is 9.52. The summed E-state index contributed by atoms with van der Waals surface area (Å²) in [5.41, 5.74) is 0.625. The minimum absolute atomic E-state index is 0.625. The predicted molar refractivity (Wildman–Crippen MR) is 83.7 cm³/mol. The lowest BCUT2D eigenvalue weighted by Gasteiger charge is -2.61. The highest BCUT2D eigenvalue weighted by Crippen LogP contribution is 2.57. The second-order valence-corrected chi connectivity index (χ2v) is 8.79. The number of hydrogen-bond donors (Lipinski definition) is 1. The molecule has 1 aliphatic heterocycles. The van der Waals surface area contributed by atoms with Gasteiger partial charge in [0.15, 0.2) is 0 Å². The topological polar surface area (TPSA) is 15.3 Å². The van der Waals surface area contributed by atoms with Gasteiger partial charge in [0.05, 0.1) is 0 Å². The monoisotopic (exact) mass is 276 g/mol. The summed E-state index contributed by atoms with van der Waals surface area (Å²) in [4.78, 5) is 2.97. The van der Waals surface area contributed by atoms with Gasteiger partial charge < -0.3 is 5.32 Å². The average molecular weight is 276 g/mol. The van der Waals surface area contributed by atoms with Crippen LogP contribution in [0.2, 0.25) is 0 Å². The van der Waals surface area contributed by atoms with Crippen molar-refractivity contribution in [3.63, 3.8) is 0 Å². The smallest absolute Gasteiger partial charge is 0.0217 e. The maximum Gasteiger partial charge on any atom is 0.0217 e. The van der Waals surface area contributed by atoms with Crippen molar-refractivity contribution in [2.75, 3.05) is 19.6 Å². The van der Waals surface area contributed by atoms with Crippen LogP contribution >= 0.6 is 0 Å². The third kappa shape index (κ3) is 2.33. The van der Waals surface area contributed by atoms with E-state index in [1.54, 1.807) is 19.3 Å². The fourth-order valence-corrected chi connectivity index (χ4v) is 6.27. The summed E-state index contributed by atoms with van der Waals surface area (Å²) in [6.07, 6.45) is 10.7. The summed E-state index contributed by atoms with van der Waals surface area (Å²) < 4.78 is 0. The van der Waals surface area contributed by atoms with Crippen molar-refractivity contribution in [3.05, 3.63) is 0 Å². The molecule has 2 atom stereocenters. The lowest BCUT2D eigenvalue weighted by molar-refractivity contribution is -0.0951. The Bertz CT molecular complexity index is 329. The quantitative estimate of drug-likeness (QED) is 0.791. The highest BCUT2D eigenvalue weighted by Gasteiger charge is 2.53. The summed E-state index contributed by atoms with van der Waals surface area (Å²) in [6.45, 7) is 8.70. The van der Waals surface area contributed by atoms with Crippen LogP contribution in [-0.4, -0.2) is 36.1 Å². The van der Waals surface area contributed by atoms with Gasteiger partial charge in [0.2, 0.25) is 0 Å². The minimum Gasteiger partial charge on any atom is -0.314 e. The molecule has 1 heterocycles. The Morgan fingerprint density at radius 1 is 0.950 bits per heavy atom. The van der Waals surface area contributed by atoms with E-state index in [1.165, 1.54) is 45.3 Å². The van der Waals surface area contributed by atoms with E-state index < -0.39 is 0 Å². The van der Waals surface area contributed by atoms with Crippen molar-refractivity contribution in [3.8, 4) is 0 Å². The molecule has 2 heteroatoms. The summed E-state index contributed by atoms with van der Waals surface area (Å²) >= 11 is 0. The highest BCUT2D eigenvalue weighted by molar-refractivity contribution is 5.07. The van der Waals surface area contributed by atoms with E-state index in [9.17, 15) is 0 Å². The number of rotatable bonds is 1. The fourth-order valence-electron chi connectivity index (χ4n) is 6.27. The normalized spacial score (nSPS) is 52.8. The molecular weight excluding hydrogens is 244 g/mol. The third-order valence-corrected chi connectivity index (χ3v) is 6.86. The molecule has 1 N–H and O–H groups in total. The maximum atomic E-state index is 3.70. The van der Waals surface area contributed by atoms with Gasteiger partial charge >= 0.3 is 0 Å². The molecule has 0 amide bonds. The molecule has 5 rings (SSSR count). The minimum atomic E-state index is 0.625. The Hall–Kier alpha value is -0.0800. The van der Waals surface area contributed by atoms with Crippen molar-refractivity contribution in [1.29, 1.82) is 0 Å². The third-order valence-electron chi connectivity index (χ3n) is 6.86. The highest BCUT2D eigenvalue weighted by atomic mass is 15.2. The van der Waals surface area contributed by atoms with E-state index in [0.717, 1.165) is 23.7 Å². The zero-order valence-electron chi connectivity index (χ0n) is 13.4. The molecule has 0 radical (unpaired) electrons. The average Bonchev–Trinajstić information content (AvgIpc) is 2.37. The van der Waals surface area contributed by atoms with Gasteiger partial charge in [0.1, 0.15) is 0 Å². The zero-order valence-corrected chi connectivity index (χ0v) is 13.4. The molecule has 114 valence electrons. The van der Waals surface area contributed by atoms with Crippen molar-refractivity contribution in [2.45, 2.75) is 70.4 Å². The van der Waals surface area contributed by atoms with E-state index in [1.807, 2.05) is 0 Å². The first-order valence-electron chi connectivity index (χ1n) is 9.11. The second-order valence-electron chi connectivity index (χ2n) is 8.79. The number of hydrogen-bond acceptors (Lipinski definition) is 2. The molecule has 0 spiro atoms. The van der Waals surface area contributed by atoms with Gasteiger partial charge in [0, 0.05) is 24.7 Å². The number of nitrogens with one attached hydrogen (secondary N) is 1. The SMILES string of the molecule is CC1CNC(C)CCN(C23CC4CC(CC(C4)C2)C3)C1. The van der Waals surface area contributed by atoms with Gasteiger partial charge in [-0.2, -0.15) is 0 Å². The summed E-state index contributed by atoms with van der Waals surface area (Å²) in [6, 6.07) is 0.703. The maximum absolute atomic E-state index is 3.70. The van der Waals surface area contributed by atoms with Crippen molar-refractivity contribution in [1.82, 2.24) is 10.2 Å². The van der Waals surface area contributed by atoms with Crippen LogP contribution in [0.4, 0.5) is 0 Å². The Kier molecular flexibility index (Phi) is 3.38. The first-order valence-corrected chi connectivity index (χ1v) is 9.11. The van der Waals surface area contributed by atoms with Gasteiger partial charge in [-0.05, 0) is 82.1 Å². The first-order chi connectivity index (χ1) is 9.63. The molecule has 2 nitrogen and oxygen atoms in total. The molecule has 0 aromatic carbocycles. The first kappa shape index (κ1) is 13.6. The van der Waals surface area contributed by atoms with Crippen molar-refractivity contribution >= 4 is 0 Å². The standard InChI is InChI=1S/C18H32N2/c1-13-11-19-14(2)3-4-20(12-13)18-8-15-5-16(9-18)7-17(6-15)10-18/h13-17,19H,3-12H2,1-2H3. The second kappa shape index (κ2) is 4.98. The van der Waals surface area contributed by atoms with Crippen LogP contribution < -0.4 is 5.32 Å². The Morgan fingerprint density at radius 3 is 2.15 bits per heavy atom. The van der Waals surface area contributed by atoms with E-state index in [-0.39, 0.29) is 0 Å². The van der Waals surface area contributed by atoms with Crippen LogP contribution in [0.25, 0.3) is 0 Å². The zero-order chi connectivity index (χ0) is 13.7. The van der Waals surface area contributed by atoms with Gasteiger partial charge in [-0.1, -0.05) is 6.92 Å². The van der Waals surface area contributed by atoms with Crippen molar-refractivity contribution < 1.29 is 0 Å². The van der Waals surface area contributed by atoms with Gasteiger partial charge in [0.25, 0.3) is 0 Å². The van der Waals surface area contributed by atoms with Crippen LogP contribution in [0.5, 0.6) is 0 Å². The molecule has 2 unspecified atom stereocenters. The largest absolute Gasteiger partial charge is 0.314 e. The Balaban J connectivity index is 1.55. The predicted octanol–water partition coefficient (Wildman–Crippen LogP) is 3.28. The molecule has 4 aliphatic carbocycles. The van der Waals surface area contributed by atoms with Gasteiger partial charge in [-0.25, -0.2) is 0 Å². The molecule has 4 saturated carbocycles. The van der Waals surface area contributed by atoms with Crippen LogP contribution in [0.3, 0.4) is 0 Å². The molecule has 4 bridgehead atoms. The van der Waals surface area contributed by atoms with E-state index in [2.05, 4.69) is 24.1 Å². The molecule has 20 heavy (non-hydrogen) atoms. The lowest BCUT2D eigenvalue weighted by Crippen LogP contribution is -2.62. The Morgan fingerprint density at radius 2 is 1.55 bits per heavy atom. The van der Waals surface area contributed by atoms with E-state index in [0.29, 0.717) is 11.6 Å². The summed E-state index contributed by atoms with van der Waals surface area (Å²) in [5.74, 6) is 4.05. The summed E-state index contributed by atoms with van der Waals surface area (Å²) in [5, 5.41) is 3.70. The Labute approximate surface area is 124 Å². The molecule has 5 aliphatic rings. The van der Waals surface area contributed by atoms with Crippen LogP contribution in [-0.2, 0) is 0 Å². The molecular formula is C18H32N2. The van der Waals surface area contributed by atoms with E-state index in [4.69, 9.17) is 0 Å². The summed E-state index contributed by atoms with van der Waals surface area (Å²) in [7, 11) is 0. The molecule has 0 aromatic heterocycles. The van der Waals surface area contributed by atoms with E-state index >= 15 is 0 Å². The van der Waals surface area contributed by atoms with Gasteiger partial charge in [-0.3, -0.25) is 4.90 Å². The van der Waals surface area contributed by atoms with Gasteiger partial charge in [-0.15, -0.1) is 0 Å². The number of nitrogens with zero attached hydrogens (tertiary/aromatic N) is 1. The molecule has 5 fully saturated rings. The van der Waals surface area contributed by atoms with Crippen LogP contribution in [0, 0.1) is 23.7 Å². The fraction of sp³-hybridized carbons (Fsp3) is 1.00. The van der Waals surface area contributed by atoms with Crippen molar-refractivity contribution in [2.24, 2.45) is 23.7 Å².